The number of carbonyl (C=O) groups excluding carboxylic acids is 1. The van der Waals surface area contributed by atoms with E-state index in [0.29, 0.717) is 11.2 Å². The Balaban J connectivity index is 1.51. The summed E-state index contributed by atoms with van der Waals surface area (Å²) >= 11 is 0. The molecule has 0 amide bonds. The first kappa shape index (κ1) is 34.8. The molecule has 1 unspecified atom stereocenters. The van der Waals surface area contributed by atoms with Gasteiger partial charge in [0.15, 0.2) is 5.82 Å². The monoisotopic (exact) mass is 647 g/mol. The Morgan fingerprint density at radius 3 is 2.56 bits per heavy atom. The van der Waals surface area contributed by atoms with E-state index in [9.17, 15) is 19.6 Å². The molecule has 5 N–H and O–H groups in total. The number of aliphatic hydroxyl groups is 2. The van der Waals surface area contributed by atoms with Crippen LogP contribution in [-0.2, 0) is 34.4 Å². The van der Waals surface area contributed by atoms with Crippen molar-refractivity contribution >= 4 is 25.1 Å². The van der Waals surface area contributed by atoms with E-state index in [1.165, 1.54) is 17.8 Å². The fraction of sp³-hybridized carbons (Fsp3) is 0.581. The van der Waals surface area contributed by atoms with Gasteiger partial charge in [-0.2, -0.15) is 10.2 Å². The van der Waals surface area contributed by atoms with Crippen LogP contribution in [0.1, 0.15) is 78.5 Å². The molecule has 14 heteroatoms. The molecule has 1 saturated heterocycles. The molecule has 1 aliphatic rings. The maximum absolute atomic E-state index is 14.1. The zero-order valence-corrected chi connectivity index (χ0v) is 27.7. The summed E-state index contributed by atoms with van der Waals surface area (Å²) in [6, 6.07) is 9.37. The second-order valence-corrected chi connectivity index (χ2v) is 14.3. The molecule has 1 aliphatic heterocycles. The molecule has 4 rings (SSSR count). The third kappa shape index (κ3) is 8.03. The molecule has 248 valence electrons. The normalized spacial score (nSPS) is 24.0. The average molecular weight is 648 g/mol. The van der Waals surface area contributed by atoms with Crippen LogP contribution in [0.2, 0.25) is 0 Å². The lowest BCUT2D eigenvalue weighted by atomic mass is 9.87. The predicted molar refractivity (Wildman–Crippen MR) is 169 cm³/mol. The minimum Gasteiger partial charge on any atom is -0.465 e. The second-order valence-electron chi connectivity index (χ2n) is 12.6. The van der Waals surface area contributed by atoms with Gasteiger partial charge in [-0.3, -0.25) is 9.32 Å². The molecule has 45 heavy (non-hydrogen) atoms. The maximum Gasteiger partial charge on any atom is 0.459 e. The number of anilines is 1. The Kier molecular flexibility index (Phi) is 10.9. The van der Waals surface area contributed by atoms with Crippen LogP contribution < -0.4 is 15.3 Å². The number of nitrogens with two attached hydrogens (primary N) is 1. The van der Waals surface area contributed by atoms with Gasteiger partial charge >= 0.3 is 13.7 Å². The van der Waals surface area contributed by atoms with Crippen molar-refractivity contribution in [2.75, 3.05) is 18.9 Å². The van der Waals surface area contributed by atoms with Crippen LogP contribution in [0.4, 0.5) is 5.82 Å². The first-order valence-electron chi connectivity index (χ1n) is 15.3. The highest BCUT2D eigenvalue weighted by atomic mass is 31.2. The number of rotatable bonds is 14. The molecule has 0 spiro atoms. The average Bonchev–Trinajstić information content (AvgIpc) is 3.52. The Hall–Kier alpha value is -3.06. The van der Waals surface area contributed by atoms with Crippen molar-refractivity contribution in [1.82, 2.24) is 19.7 Å². The fourth-order valence-corrected chi connectivity index (χ4v) is 6.69. The predicted octanol–water partition coefficient (Wildman–Crippen LogP) is 4.25. The molecule has 0 saturated carbocycles. The molecule has 2 aromatic heterocycles. The van der Waals surface area contributed by atoms with Gasteiger partial charge in [-0.25, -0.2) is 14.1 Å². The van der Waals surface area contributed by atoms with Gasteiger partial charge in [0.05, 0.1) is 18.9 Å². The smallest absolute Gasteiger partial charge is 0.459 e. The number of ether oxygens (including phenoxy) is 2. The van der Waals surface area contributed by atoms with Crippen molar-refractivity contribution in [2.24, 2.45) is 0 Å². The van der Waals surface area contributed by atoms with Crippen LogP contribution >= 0.6 is 7.75 Å². The van der Waals surface area contributed by atoms with Gasteiger partial charge < -0.3 is 29.9 Å². The molecule has 1 fully saturated rings. The number of nitrogens with zero attached hydrogens (tertiary/aromatic N) is 3. The first-order chi connectivity index (χ1) is 21.2. The lowest BCUT2D eigenvalue weighted by molar-refractivity contribution is -0.145. The molecule has 0 aliphatic carbocycles. The SMILES string of the molecule is CCCCCCOC(=O)[C@H](C)NP(=O)(OC[C@H]1O[C@@](C)(c2ccc3c(N)ncnn23)[C@H](O)[C@@H]1O)Oc1ccc(C(C)(C)C)cc1. The summed E-state index contributed by atoms with van der Waals surface area (Å²) in [6.45, 7) is 11.2. The quantitative estimate of drug-likeness (QED) is 0.111. The number of hydrogen-bond acceptors (Lipinski definition) is 11. The summed E-state index contributed by atoms with van der Waals surface area (Å²) < 4.78 is 38.8. The molecule has 13 nitrogen and oxygen atoms in total. The van der Waals surface area contributed by atoms with E-state index in [1.807, 2.05) is 12.1 Å². The number of aliphatic hydroxyl groups excluding tert-OH is 2. The van der Waals surface area contributed by atoms with Gasteiger partial charge in [-0.1, -0.05) is 59.1 Å². The van der Waals surface area contributed by atoms with Gasteiger partial charge in [0.25, 0.3) is 0 Å². The van der Waals surface area contributed by atoms with Crippen LogP contribution in [0.3, 0.4) is 0 Å². The Bertz CT molecular complexity index is 1490. The van der Waals surface area contributed by atoms with Crippen molar-refractivity contribution in [3.05, 3.63) is 54.0 Å². The second kappa shape index (κ2) is 14.1. The van der Waals surface area contributed by atoms with Crippen LogP contribution in [0.25, 0.3) is 5.52 Å². The van der Waals surface area contributed by atoms with E-state index >= 15 is 0 Å². The van der Waals surface area contributed by atoms with Crippen molar-refractivity contribution in [2.45, 2.75) is 103 Å². The van der Waals surface area contributed by atoms with Gasteiger partial charge in [-0.05, 0) is 55.5 Å². The lowest BCUT2D eigenvalue weighted by Crippen LogP contribution is -2.40. The molecule has 3 heterocycles. The van der Waals surface area contributed by atoms with Crippen molar-refractivity contribution in [1.29, 1.82) is 0 Å². The molecule has 1 aromatic carbocycles. The zero-order chi connectivity index (χ0) is 33.0. The number of fused-ring (bicyclic) bond motifs is 1. The van der Waals surface area contributed by atoms with E-state index in [2.05, 4.69) is 42.9 Å². The van der Waals surface area contributed by atoms with Gasteiger partial charge in [-0.15, -0.1) is 0 Å². The topological polar surface area (TPSA) is 180 Å². The van der Waals surface area contributed by atoms with Crippen molar-refractivity contribution in [3.8, 4) is 5.75 Å². The Morgan fingerprint density at radius 2 is 1.89 bits per heavy atom. The number of nitrogen functional groups attached to an aromatic ring is 1. The molecular weight excluding hydrogens is 601 g/mol. The minimum atomic E-state index is -4.27. The van der Waals surface area contributed by atoms with E-state index in [1.54, 1.807) is 31.2 Å². The number of carbonyl (C=O) groups is 1. The highest BCUT2D eigenvalue weighted by Gasteiger charge is 2.54. The summed E-state index contributed by atoms with van der Waals surface area (Å²) in [6.07, 6.45) is 1.09. The van der Waals surface area contributed by atoms with Gasteiger partial charge in [0.1, 0.15) is 47.5 Å². The number of esters is 1. The van der Waals surface area contributed by atoms with Crippen LogP contribution in [-0.4, -0.2) is 68.3 Å². The number of hydrogen-bond donors (Lipinski definition) is 4. The Labute approximate surface area is 264 Å². The third-order valence-corrected chi connectivity index (χ3v) is 9.60. The first-order valence-corrected chi connectivity index (χ1v) is 16.8. The number of aromatic nitrogens is 3. The largest absolute Gasteiger partial charge is 0.465 e. The summed E-state index contributed by atoms with van der Waals surface area (Å²) in [5.74, 6) is -0.127. The Morgan fingerprint density at radius 1 is 1.18 bits per heavy atom. The summed E-state index contributed by atoms with van der Waals surface area (Å²) in [5, 5.41) is 29.0. The number of unbranched alkanes of at least 4 members (excludes halogenated alkanes) is 3. The molecular formula is C31H46N5O8P. The molecule has 3 aromatic rings. The fourth-order valence-electron chi connectivity index (χ4n) is 5.19. The summed E-state index contributed by atoms with van der Waals surface area (Å²) in [7, 11) is -4.27. The van der Waals surface area contributed by atoms with Gasteiger partial charge in [0, 0.05) is 0 Å². The summed E-state index contributed by atoms with van der Waals surface area (Å²) in [5.41, 5.74) is 6.39. The van der Waals surface area contributed by atoms with Crippen LogP contribution in [0.5, 0.6) is 5.75 Å². The van der Waals surface area contributed by atoms with Gasteiger partial charge in [0.2, 0.25) is 0 Å². The summed E-state index contributed by atoms with van der Waals surface area (Å²) in [4.78, 5) is 16.7. The molecule has 0 bridgehead atoms. The van der Waals surface area contributed by atoms with Crippen LogP contribution in [0, 0.1) is 0 Å². The lowest BCUT2D eigenvalue weighted by Gasteiger charge is -2.27. The third-order valence-electron chi connectivity index (χ3n) is 7.96. The standard InChI is InChI=1S/C31H46N5O8P/c1-7-8-9-10-17-41-29(39)20(2)35-45(40,44-22-13-11-21(12-14-22)30(3,4)5)42-18-24-26(37)27(38)31(6,43-24)25-16-15-23-28(32)33-19-34-36(23)25/h11-16,19-20,24,26-27,37-38H,7-10,17-18H2,1-6H3,(H,35,40)(H2,32,33,34)/t20-,24+,26+,27+,31-,45?/m0/s1. The van der Waals surface area contributed by atoms with E-state index < -0.39 is 50.3 Å². The highest BCUT2D eigenvalue weighted by molar-refractivity contribution is 7.52. The maximum atomic E-state index is 14.1. The van der Waals surface area contributed by atoms with E-state index in [0.717, 1.165) is 31.2 Å². The van der Waals surface area contributed by atoms with E-state index in [-0.39, 0.29) is 23.6 Å². The number of nitrogens with one attached hydrogen (secondary N) is 1. The minimum absolute atomic E-state index is 0.112. The number of benzene rings is 1. The van der Waals surface area contributed by atoms with Crippen molar-refractivity contribution in [3.63, 3.8) is 0 Å². The van der Waals surface area contributed by atoms with E-state index in [4.69, 9.17) is 24.3 Å². The van der Waals surface area contributed by atoms with Crippen molar-refractivity contribution < 1.29 is 38.1 Å². The molecule has 6 atom stereocenters. The highest BCUT2D eigenvalue weighted by Crippen LogP contribution is 2.47. The zero-order valence-electron chi connectivity index (χ0n) is 26.8. The molecule has 0 radical (unpaired) electrons. The van der Waals surface area contributed by atoms with Crippen LogP contribution in [0.15, 0.2) is 42.7 Å².